The van der Waals surface area contributed by atoms with E-state index in [4.69, 9.17) is 9.47 Å². The fraction of sp³-hybridized carbons (Fsp3) is 0.647. The van der Waals surface area contributed by atoms with Gasteiger partial charge >= 0.3 is 0 Å². The SMILES string of the molecule is Cc1cc(Br)ccc1OC1CCOC2(CCCCC2)C1. The minimum atomic E-state index is 0.116. The average molecular weight is 339 g/mol. The van der Waals surface area contributed by atoms with Crippen LogP contribution in [0.1, 0.15) is 50.5 Å². The summed E-state index contributed by atoms with van der Waals surface area (Å²) in [4.78, 5) is 0. The Balaban J connectivity index is 1.68. The van der Waals surface area contributed by atoms with Crippen molar-refractivity contribution >= 4 is 15.9 Å². The van der Waals surface area contributed by atoms with Gasteiger partial charge in [0.25, 0.3) is 0 Å². The number of ether oxygens (including phenoxy) is 2. The van der Waals surface area contributed by atoms with Gasteiger partial charge in [0, 0.05) is 17.3 Å². The van der Waals surface area contributed by atoms with Crippen molar-refractivity contribution in [2.45, 2.75) is 63.6 Å². The molecule has 0 aromatic heterocycles. The third-order valence-electron chi connectivity index (χ3n) is 4.64. The van der Waals surface area contributed by atoms with Crippen LogP contribution in [0.5, 0.6) is 5.75 Å². The van der Waals surface area contributed by atoms with Gasteiger partial charge in [0.05, 0.1) is 12.2 Å². The Kier molecular flexibility index (Phi) is 4.37. The van der Waals surface area contributed by atoms with Crippen LogP contribution in [0.2, 0.25) is 0 Å². The van der Waals surface area contributed by atoms with Crippen LogP contribution in [0.25, 0.3) is 0 Å². The third kappa shape index (κ3) is 3.20. The van der Waals surface area contributed by atoms with E-state index in [9.17, 15) is 0 Å². The fourth-order valence-electron chi connectivity index (χ4n) is 3.55. The lowest BCUT2D eigenvalue weighted by Gasteiger charge is -2.43. The highest BCUT2D eigenvalue weighted by molar-refractivity contribution is 9.10. The molecule has 3 heteroatoms. The molecule has 2 nitrogen and oxygen atoms in total. The molecule has 1 saturated carbocycles. The molecule has 1 heterocycles. The van der Waals surface area contributed by atoms with Gasteiger partial charge in [-0.05, 0) is 43.5 Å². The Morgan fingerprint density at radius 2 is 2.05 bits per heavy atom. The topological polar surface area (TPSA) is 18.5 Å². The average Bonchev–Trinajstić information content (AvgIpc) is 2.43. The van der Waals surface area contributed by atoms with Crippen LogP contribution in [0, 0.1) is 6.92 Å². The minimum Gasteiger partial charge on any atom is -0.490 e. The van der Waals surface area contributed by atoms with Crippen molar-refractivity contribution in [2.75, 3.05) is 6.61 Å². The zero-order chi connectivity index (χ0) is 14.0. The molecule has 1 aliphatic heterocycles. The van der Waals surface area contributed by atoms with Crippen LogP contribution in [0.3, 0.4) is 0 Å². The summed E-state index contributed by atoms with van der Waals surface area (Å²) in [6.07, 6.45) is 8.79. The van der Waals surface area contributed by atoms with E-state index in [0.717, 1.165) is 29.7 Å². The highest BCUT2D eigenvalue weighted by Gasteiger charge is 2.39. The number of aryl methyl sites for hydroxylation is 1. The van der Waals surface area contributed by atoms with E-state index in [-0.39, 0.29) is 5.60 Å². The number of hydrogen-bond acceptors (Lipinski definition) is 2. The van der Waals surface area contributed by atoms with E-state index in [0.29, 0.717) is 6.10 Å². The van der Waals surface area contributed by atoms with Gasteiger partial charge in [-0.15, -0.1) is 0 Å². The molecule has 0 amide bonds. The summed E-state index contributed by atoms with van der Waals surface area (Å²) < 4.78 is 13.5. The van der Waals surface area contributed by atoms with E-state index < -0.39 is 0 Å². The number of halogens is 1. The summed E-state index contributed by atoms with van der Waals surface area (Å²) in [5.41, 5.74) is 1.31. The molecule has 1 saturated heterocycles. The Morgan fingerprint density at radius 3 is 2.80 bits per heavy atom. The number of benzene rings is 1. The molecule has 1 spiro atoms. The first-order valence-corrected chi connectivity index (χ1v) is 8.53. The van der Waals surface area contributed by atoms with Crippen molar-refractivity contribution in [3.8, 4) is 5.75 Å². The third-order valence-corrected chi connectivity index (χ3v) is 5.14. The summed E-state index contributed by atoms with van der Waals surface area (Å²) in [5.74, 6) is 1.02. The van der Waals surface area contributed by atoms with Crippen LogP contribution >= 0.6 is 15.9 Å². The van der Waals surface area contributed by atoms with Crippen molar-refractivity contribution in [2.24, 2.45) is 0 Å². The Labute approximate surface area is 130 Å². The first-order valence-electron chi connectivity index (χ1n) is 7.74. The fourth-order valence-corrected chi connectivity index (χ4v) is 4.03. The lowest BCUT2D eigenvalue weighted by molar-refractivity contribution is -0.129. The first-order chi connectivity index (χ1) is 9.67. The monoisotopic (exact) mass is 338 g/mol. The van der Waals surface area contributed by atoms with Gasteiger partial charge in [-0.1, -0.05) is 35.2 Å². The molecule has 2 fully saturated rings. The maximum atomic E-state index is 6.27. The summed E-state index contributed by atoms with van der Waals surface area (Å²) >= 11 is 3.50. The molecule has 3 rings (SSSR count). The van der Waals surface area contributed by atoms with Crippen LogP contribution in [-0.4, -0.2) is 18.3 Å². The van der Waals surface area contributed by atoms with Gasteiger partial charge in [0.1, 0.15) is 11.9 Å². The predicted molar refractivity (Wildman–Crippen MR) is 84.3 cm³/mol. The molecule has 1 aromatic rings. The molecule has 20 heavy (non-hydrogen) atoms. The first kappa shape index (κ1) is 14.4. The molecule has 0 bridgehead atoms. The smallest absolute Gasteiger partial charge is 0.122 e. The van der Waals surface area contributed by atoms with Crippen molar-refractivity contribution in [3.63, 3.8) is 0 Å². The second-order valence-electron chi connectivity index (χ2n) is 6.23. The second-order valence-corrected chi connectivity index (χ2v) is 7.15. The zero-order valence-electron chi connectivity index (χ0n) is 12.2. The van der Waals surface area contributed by atoms with E-state index in [1.165, 1.54) is 37.7 Å². The van der Waals surface area contributed by atoms with Crippen molar-refractivity contribution < 1.29 is 9.47 Å². The molecule has 1 aliphatic carbocycles. The van der Waals surface area contributed by atoms with Crippen molar-refractivity contribution in [1.82, 2.24) is 0 Å². The van der Waals surface area contributed by atoms with E-state index in [1.807, 2.05) is 0 Å². The van der Waals surface area contributed by atoms with Gasteiger partial charge in [-0.2, -0.15) is 0 Å². The maximum Gasteiger partial charge on any atom is 0.122 e. The number of hydrogen-bond donors (Lipinski definition) is 0. The van der Waals surface area contributed by atoms with Crippen LogP contribution in [0.4, 0.5) is 0 Å². The summed E-state index contributed by atoms with van der Waals surface area (Å²) in [5, 5.41) is 0. The lowest BCUT2D eigenvalue weighted by Crippen LogP contribution is -2.45. The van der Waals surface area contributed by atoms with Crippen LogP contribution in [0.15, 0.2) is 22.7 Å². The Hall–Kier alpha value is -0.540. The molecule has 1 atom stereocenters. The Morgan fingerprint density at radius 1 is 1.25 bits per heavy atom. The van der Waals surface area contributed by atoms with Gasteiger partial charge in [-0.25, -0.2) is 0 Å². The van der Waals surface area contributed by atoms with Gasteiger partial charge in [-0.3, -0.25) is 0 Å². The van der Waals surface area contributed by atoms with Gasteiger partial charge < -0.3 is 9.47 Å². The molecule has 1 unspecified atom stereocenters. The summed E-state index contributed by atoms with van der Waals surface area (Å²) in [6.45, 7) is 2.95. The number of rotatable bonds is 2. The summed E-state index contributed by atoms with van der Waals surface area (Å²) in [7, 11) is 0. The molecule has 1 aromatic carbocycles. The largest absolute Gasteiger partial charge is 0.490 e. The van der Waals surface area contributed by atoms with Gasteiger partial charge in [0.15, 0.2) is 0 Å². The van der Waals surface area contributed by atoms with Crippen LogP contribution in [-0.2, 0) is 4.74 Å². The molecular weight excluding hydrogens is 316 g/mol. The molecule has 110 valence electrons. The molecule has 0 radical (unpaired) electrons. The highest BCUT2D eigenvalue weighted by Crippen LogP contribution is 2.39. The van der Waals surface area contributed by atoms with E-state index >= 15 is 0 Å². The highest BCUT2D eigenvalue weighted by atomic mass is 79.9. The van der Waals surface area contributed by atoms with Crippen LogP contribution < -0.4 is 4.74 Å². The Bertz CT molecular complexity index is 461. The summed E-state index contributed by atoms with van der Waals surface area (Å²) in [6, 6.07) is 6.24. The standard InChI is InChI=1S/C17H23BrO2/c1-13-11-14(18)5-6-16(13)20-15-7-10-19-17(12-15)8-3-2-4-9-17/h5-6,11,15H,2-4,7-10,12H2,1H3. The molecule has 0 N–H and O–H groups in total. The zero-order valence-corrected chi connectivity index (χ0v) is 13.7. The molecule has 2 aliphatic rings. The van der Waals surface area contributed by atoms with Crippen molar-refractivity contribution in [1.29, 1.82) is 0 Å². The predicted octanol–water partition coefficient (Wildman–Crippen LogP) is 5.02. The van der Waals surface area contributed by atoms with Crippen molar-refractivity contribution in [3.05, 3.63) is 28.2 Å². The van der Waals surface area contributed by atoms with E-state index in [2.05, 4.69) is 41.1 Å². The maximum absolute atomic E-state index is 6.27. The van der Waals surface area contributed by atoms with Gasteiger partial charge in [0.2, 0.25) is 0 Å². The van der Waals surface area contributed by atoms with E-state index in [1.54, 1.807) is 0 Å². The normalized spacial score (nSPS) is 25.6. The lowest BCUT2D eigenvalue weighted by atomic mass is 9.79. The second kappa shape index (κ2) is 6.07. The molecular formula is C17H23BrO2. The quantitative estimate of drug-likeness (QED) is 0.753. The minimum absolute atomic E-state index is 0.116.